The molecular formula is C16H18N4OS. The van der Waals surface area contributed by atoms with Gasteiger partial charge in [0.05, 0.1) is 18.2 Å². The molecule has 1 N–H and O–H groups in total. The van der Waals surface area contributed by atoms with Crippen LogP contribution in [0.2, 0.25) is 0 Å². The van der Waals surface area contributed by atoms with Crippen LogP contribution in [0.25, 0.3) is 0 Å². The highest BCUT2D eigenvalue weighted by Gasteiger charge is 2.15. The van der Waals surface area contributed by atoms with E-state index in [9.17, 15) is 4.79 Å². The largest absolute Gasteiger partial charge is 0.301 e. The smallest absolute Gasteiger partial charge is 0.240 e. The number of nitrogens with one attached hydrogen (secondary N) is 1. The van der Waals surface area contributed by atoms with Gasteiger partial charge in [-0.2, -0.15) is 5.26 Å². The Hall–Kier alpha value is -2.23. The van der Waals surface area contributed by atoms with Crippen molar-refractivity contribution in [3.8, 4) is 6.07 Å². The van der Waals surface area contributed by atoms with Crippen molar-refractivity contribution in [3.05, 3.63) is 47.0 Å². The molecule has 0 radical (unpaired) electrons. The van der Waals surface area contributed by atoms with Crippen LogP contribution in [-0.4, -0.2) is 28.4 Å². The number of nitriles is 1. The molecule has 2 aromatic rings. The van der Waals surface area contributed by atoms with E-state index in [4.69, 9.17) is 5.26 Å². The SMILES string of the molecule is CC(C)N(CC(=O)Nc1nccs1)Cc1ccc(C#N)cc1. The molecular weight excluding hydrogens is 296 g/mol. The molecule has 6 heteroatoms. The molecule has 0 bridgehead atoms. The normalized spacial score (nSPS) is 10.7. The van der Waals surface area contributed by atoms with Crippen LogP contribution in [0, 0.1) is 11.3 Å². The van der Waals surface area contributed by atoms with Gasteiger partial charge >= 0.3 is 0 Å². The molecule has 1 heterocycles. The lowest BCUT2D eigenvalue weighted by atomic mass is 10.1. The summed E-state index contributed by atoms with van der Waals surface area (Å²) in [6, 6.07) is 9.77. The van der Waals surface area contributed by atoms with Crippen molar-refractivity contribution < 1.29 is 4.79 Å². The van der Waals surface area contributed by atoms with Crippen LogP contribution in [0.4, 0.5) is 5.13 Å². The summed E-state index contributed by atoms with van der Waals surface area (Å²) in [6.45, 7) is 5.08. The van der Waals surface area contributed by atoms with Crippen LogP contribution in [0.1, 0.15) is 25.0 Å². The number of nitrogens with zero attached hydrogens (tertiary/aromatic N) is 3. The highest BCUT2D eigenvalue weighted by molar-refractivity contribution is 7.13. The van der Waals surface area contributed by atoms with E-state index in [0.29, 0.717) is 23.8 Å². The lowest BCUT2D eigenvalue weighted by Gasteiger charge is -2.25. The summed E-state index contributed by atoms with van der Waals surface area (Å²) in [5.41, 5.74) is 1.72. The predicted molar refractivity (Wildman–Crippen MR) is 87.4 cm³/mol. The Morgan fingerprint density at radius 2 is 2.14 bits per heavy atom. The first kappa shape index (κ1) is 16.1. The highest BCUT2D eigenvalue weighted by atomic mass is 32.1. The quantitative estimate of drug-likeness (QED) is 0.890. The average molecular weight is 314 g/mol. The topological polar surface area (TPSA) is 69.0 Å². The third-order valence-electron chi connectivity index (χ3n) is 3.22. The number of aromatic nitrogens is 1. The van der Waals surface area contributed by atoms with Crippen molar-refractivity contribution in [2.75, 3.05) is 11.9 Å². The second kappa shape index (κ2) is 7.69. The minimum atomic E-state index is -0.0719. The number of hydrogen-bond donors (Lipinski definition) is 1. The molecule has 1 amide bonds. The third kappa shape index (κ3) is 4.65. The van der Waals surface area contributed by atoms with Gasteiger partial charge in [-0.3, -0.25) is 9.69 Å². The Morgan fingerprint density at radius 1 is 1.41 bits per heavy atom. The summed E-state index contributed by atoms with van der Waals surface area (Å²) in [7, 11) is 0. The number of carbonyl (C=O) groups is 1. The van der Waals surface area contributed by atoms with Gasteiger partial charge in [-0.05, 0) is 31.5 Å². The van der Waals surface area contributed by atoms with Crippen LogP contribution < -0.4 is 5.32 Å². The molecule has 0 atom stereocenters. The standard InChI is InChI=1S/C16H18N4OS/c1-12(2)20(10-14-5-3-13(9-17)4-6-14)11-15(21)19-16-18-7-8-22-16/h3-8,12H,10-11H2,1-2H3,(H,18,19,21). The second-order valence-corrected chi connectivity index (χ2v) is 6.09. The van der Waals surface area contributed by atoms with Gasteiger partial charge < -0.3 is 5.32 Å². The van der Waals surface area contributed by atoms with Crippen molar-refractivity contribution >= 4 is 22.4 Å². The number of amides is 1. The third-order valence-corrected chi connectivity index (χ3v) is 3.91. The maximum Gasteiger partial charge on any atom is 0.240 e. The lowest BCUT2D eigenvalue weighted by Crippen LogP contribution is -2.37. The highest BCUT2D eigenvalue weighted by Crippen LogP contribution is 2.12. The number of thiazole rings is 1. The van der Waals surface area contributed by atoms with Gasteiger partial charge in [-0.25, -0.2) is 4.98 Å². The fraction of sp³-hybridized carbons (Fsp3) is 0.312. The van der Waals surface area contributed by atoms with Gasteiger partial charge in [0.1, 0.15) is 0 Å². The summed E-state index contributed by atoms with van der Waals surface area (Å²) in [4.78, 5) is 18.2. The zero-order valence-electron chi connectivity index (χ0n) is 12.6. The van der Waals surface area contributed by atoms with Gasteiger partial charge in [-0.15, -0.1) is 11.3 Å². The van der Waals surface area contributed by atoms with E-state index in [-0.39, 0.29) is 11.9 Å². The Bertz CT molecular complexity index is 644. The van der Waals surface area contributed by atoms with E-state index in [2.05, 4.69) is 35.1 Å². The number of anilines is 1. The molecule has 2 rings (SSSR count). The first-order chi connectivity index (χ1) is 10.6. The molecule has 1 aromatic carbocycles. The molecule has 0 saturated carbocycles. The Morgan fingerprint density at radius 3 is 2.68 bits per heavy atom. The molecule has 22 heavy (non-hydrogen) atoms. The number of carbonyl (C=O) groups excluding carboxylic acids is 1. The number of hydrogen-bond acceptors (Lipinski definition) is 5. The molecule has 0 aliphatic rings. The van der Waals surface area contributed by atoms with Crippen molar-refractivity contribution in [3.63, 3.8) is 0 Å². The molecule has 5 nitrogen and oxygen atoms in total. The number of rotatable bonds is 6. The zero-order chi connectivity index (χ0) is 15.9. The summed E-state index contributed by atoms with van der Waals surface area (Å²) in [5, 5.41) is 14.1. The molecule has 0 saturated heterocycles. The maximum atomic E-state index is 12.1. The van der Waals surface area contributed by atoms with Crippen LogP contribution in [0.3, 0.4) is 0 Å². The second-order valence-electron chi connectivity index (χ2n) is 5.19. The van der Waals surface area contributed by atoms with Crippen LogP contribution >= 0.6 is 11.3 Å². The lowest BCUT2D eigenvalue weighted by molar-refractivity contribution is -0.117. The molecule has 0 fully saturated rings. The van der Waals surface area contributed by atoms with Gasteiger partial charge in [0.25, 0.3) is 0 Å². The maximum absolute atomic E-state index is 12.1. The molecule has 0 aliphatic heterocycles. The van der Waals surface area contributed by atoms with Gasteiger partial charge in [-0.1, -0.05) is 12.1 Å². The Labute approximate surface area is 134 Å². The molecule has 114 valence electrons. The van der Waals surface area contributed by atoms with E-state index in [0.717, 1.165) is 5.56 Å². The van der Waals surface area contributed by atoms with E-state index < -0.39 is 0 Å². The molecule has 0 aliphatic carbocycles. The van der Waals surface area contributed by atoms with Crippen molar-refractivity contribution in [2.45, 2.75) is 26.4 Å². The molecule has 1 aromatic heterocycles. The van der Waals surface area contributed by atoms with Crippen LogP contribution in [0.15, 0.2) is 35.8 Å². The Balaban J connectivity index is 1.97. The van der Waals surface area contributed by atoms with Gasteiger partial charge in [0.15, 0.2) is 5.13 Å². The fourth-order valence-electron chi connectivity index (χ4n) is 1.97. The minimum Gasteiger partial charge on any atom is -0.301 e. The summed E-state index contributed by atoms with van der Waals surface area (Å²) < 4.78 is 0. The minimum absolute atomic E-state index is 0.0719. The number of benzene rings is 1. The van der Waals surface area contributed by atoms with E-state index in [1.165, 1.54) is 11.3 Å². The fourth-order valence-corrected chi connectivity index (χ4v) is 2.51. The van der Waals surface area contributed by atoms with Crippen LogP contribution in [0.5, 0.6) is 0 Å². The van der Waals surface area contributed by atoms with Gasteiger partial charge in [0.2, 0.25) is 5.91 Å². The monoisotopic (exact) mass is 314 g/mol. The zero-order valence-corrected chi connectivity index (χ0v) is 13.4. The van der Waals surface area contributed by atoms with Crippen molar-refractivity contribution in [1.82, 2.24) is 9.88 Å². The Kier molecular flexibility index (Phi) is 5.64. The summed E-state index contributed by atoms with van der Waals surface area (Å²) >= 11 is 1.40. The molecule has 0 spiro atoms. The van der Waals surface area contributed by atoms with Crippen molar-refractivity contribution in [1.29, 1.82) is 5.26 Å². The van der Waals surface area contributed by atoms with E-state index >= 15 is 0 Å². The van der Waals surface area contributed by atoms with Gasteiger partial charge in [0, 0.05) is 24.2 Å². The van der Waals surface area contributed by atoms with Crippen molar-refractivity contribution in [2.24, 2.45) is 0 Å². The van der Waals surface area contributed by atoms with E-state index in [1.54, 1.807) is 18.3 Å². The molecule has 0 unspecified atom stereocenters. The summed E-state index contributed by atoms with van der Waals surface area (Å²) in [5.74, 6) is -0.0719. The van der Waals surface area contributed by atoms with Crippen LogP contribution in [-0.2, 0) is 11.3 Å². The summed E-state index contributed by atoms with van der Waals surface area (Å²) in [6.07, 6.45) is 1.66. The average Bonchev–Trinajstić information content (AvgIpc) is 3.00. The van der Waals surface area contributed by atoms with E-state index in [1.807, 2.05) is 17.5 Å². The first-order valence-corrected chi connectivity index (χ1v) is 7.89. The predicted octanol–water partition coefficient (Wildman–Crippen LogP) is 2.86. The first-order valence-electron chi connectivity index (χ1n) is 7.01.